The van der Waals surface area contributed by atoms with Gasteiger partial charge < -0.3 is 10.2 Å². The van der Waals surface area contributed by atoms with Crippen LogP contribution in [-0.4, -0.2) is 58.1 Å². The van der Waals surface area contributed by atoms with Crippen molar-refractivity contribution in [1.29, 1.82) is 0 Å². The number of hydrogen-bond donors (Lipinski definition) is 1. The Bertz CT molecular complexity index is 263. The monoisotopic (exact) mass is 236 g/mol. The van der Waals surface area contributed by atoms with Gasteiger partial charge in [0, 0.05) is 18.3 Å². The molecule has 0 aromatic rings. The first kappa shape index (κ1) is 14.9. The van der Waals surface area contributed by atoms with Crippen LogP contribution in [0.1, 0.15) is 20.3 Å². The Morgan fingerprint density at radius 3 is 2.13 bits per heavy atom. The maximum absolute atomic E-state index is 11.0. The fourth-order valence-electron chi connectivity index (χ4n) is 1.52. The first-order valence-electron chi connectivity index (χ1n) is 5.29. The number of nitrogens with zero attached hydrogens (tertiary/aromatic N) is 1. The largest absolute Gasteiger partial charge is 0.311 e. The quantitative estimate of drug-likeness (QED) is 0.693. The van der Waals surface area contributed by atoms with Crippen LogP contribution in [0, 0.1) is 0 Å². The molecule has 1 N–H and O–H groups in total. The molecule has 0 rings (SSSR count). The van der Waals surface area contributed by atoms with Crippen molar-refractivity contribution in [3.8, 4) is 0 Å². The highest BCUT2D eigenvalue weighted by Gasteiger charge is 2.12. The summed E-state index contributed by atoms with van der Waals surface area (Å²) >= 11 is 0. The lowest BCUT2D eigenvalue weighted by Gasteiger charge is -2.20. The van der Waals surface area contributed by atoms with Gasteiger partial charge in [0.2, 0.25) is 0 Å². The molecule has 0 aromatic carbocycles. The van der Waals surface area contributed by atoms with E-state index in [1.807, 2.05) is 21.0 Å². The third-order valence-electron chi connectivity index (χ3n) is 2.13. The highest BCUT2D eigenvalue weighted by atomic mass is 32.2. The summed E-state index contributed by atoms with van der Waals surface area (Å²) in [4.78, 5) is 2.12. The van der Waals surface area contributed by atoms with Gasteiger partial charge in [0.25, 0.3) is 0 Å². The number of sulfone groups is 1. The lowest BCUT2D eigenvalue weighted by molar-refractivity contribution is 0.357. The van der Waals surface area contributed by atoms with Crippen molar-refractivity contribution in [2.24, 2.45) is 0 Å². The molecule has 0 amide bonds. The average Bonchev–Trinajstić information content (AvgIpc) is 1.96. The summed E-state index contributed by atoms with van der Waals surface area (Å²) < 4.78 is 22.1. The Hall–Kier alpha value is -0.130. The zero-order chi connectivity index (χ0) is 12.1. The normalized spacial score (nSPS) is 16.7. The molecule has 2 atom stereocenters. The van der Waals surface area contributed by atoms with Gasteiger partial charge in [-0.05, 0) is 40.9 Å². The smallest absolute Gasteiger partial charge is 0.148 e. The van der Waals surface area contributed by atoms with Crippen LogP contribution in [0.3, 0.4) is 0 Å². The zero-order valence-corrected chi connectivity index (χ0v) is 11.3. The highest BCUT2D eigenvalue weighted by molar-refractivity contribution is 7.90. The predicted octanol–water partition coefficient (Wildman–Crippen LogP) is 0.349. The highest BCUT2D eigenvalue weighted by Crippen LogP contribution is 1.97. The van der Waals surface area contributed by atoms with E-state index in [1.165, 1.54) is 6.26 Å². The summed E-state index contributed by atoms with van der Waals surface area (Å²) in [5.74, 6) is 0.208. The molecule has 15 heavy (non-hydrogen) atoms. The lowest BCUT2D eigenvalue weighted by atomic mass is 10.2. The van der Waals surface area contributed by atoms with Crippen LogP contribution >= 0.6 is 0 Å². The van der Waals surface area contributed by atoms with Crippen molar-refractivity contribution < 1.29 is 8.42 Å². The molecular formula is C10H24N2O2S. The van der Waals surface area contributed by atoms with Crippen molar-refractivity contribution in [1.82, 2.24) is 10.2 Å². The molecule has 0 spiro atoms. The minimum Gasteiger partial charge on any atom is -0.311 e. The predicted molar refractivity (Wildman–Crippen MR) is 64.9 cm³/mol. The van der Waals surface area contributed by atoms with Crippen molar-refractivity contribution in [3.05, 3.63) is 0 Å². The third-order valence-corrected chi connectivity index (χ3v) is 3.24. The Morgan fingerprint density at radius 2 is 1.73 bits per heavy atom. The molecule has 4 nitrogen and oxygen atoms in total. The van der Waals surface area contributed by atoms with E-state index in [4.69, 9.17) is 0 Å². The van der Waals surface area contributed by atoms with E-state index in [2.05, 4.69) is 17.1 Å². The zero-order valence-electron chi connectivity index (χ0n) is 10.4. The second-order valence-corrected chi connectivity index (χ2v) is 6.84. The average molecular weight is 236 g/mol. The molecule has 0 aliphatic rings. The molecule has 0 aliphatic heterocycles. The molecule has 2 unspecified atom stereocenters. The molecular weight excluding hydrogens is 212 g/mol. The van der Waals surface area contributed by atoms with Gasteiger partial charge in [0.15, 0.2) is 0 Å². The van der Waals surface area contributed by atoms with Crippen molar-refractivity contribution in [3.63, 3.8) is 0 Å². The first-order valence-corrected chi connectivity index (χ1v) is 7.35. The van der Waals surface area contributed by atoms with E-state index in [1.54, 1.807) is 0 Å². The molecule has 0 bridgehead atoms. The van der Waals surface area contributed by atoms with Crippen LogP contribution in [0.15, 0.2) is 0 Å². The summed E-state index contributed by atoms with van der Waals surface area (Å²) in [5, 5.41) is 3.29. The van der Waals surface area contributed by atoms with Gasteiger partial charge in [0.1, 0.15) is 9.84 Å². The van der Waals surface area contributed by atoms with E-state index < -0.39 is 9.84 Å². The fraction of sp³-hybridized carbons (Fsp3) is 1.00. The van der Waals surface area contributed by atoms with Gasteiger partial charge in [-0.15, -0.1) is 0 Å². The van der Waals surface area contributed by atoms with Crippen molar-refractivity contribution >= 4 is 9.84 Å². The summed E-state index contributed by atoms with van der Waals surface area (Å²) in [7, 11) is 1.20. The minimum atomic E-state index is -2.87. The molecule has 0 aliphatic carbocycles. The molecule has 0 fully saturated rings. The second kappa shape index (κ2) is 6.45. The van der Waals surface area contributed by atoms with Gasteiger partial charge in [-0.1, -0.05) is 0 Å². The van der Waals surface area contributed by atoms with Crippen molar-refractivity contribution in [2.75, 3.05) is 32.6 Å². The van der Waals surface area contributed by atoms with Gasteiger partial charge in [0.05, 0.1) is 5.75 Å². The minimum absolute atomic E-state index is 0.0252. The molecule has 0 radical (unpaired) electrons. The van der Waals surface area contributed by atoms with Crippen LogP contribution in [-0.2, 0) is 9.84 Å². The first-order chi connectivity index (χ1) is 6.70. The molecule has 92 valence electrons. The third kappa shape index (κ3) is 10.2. The molecule has 5 heteroatoms. The molecule has 0 aromatic heterocycles. The lowest BCUT2D eigenvalue weighted by Crippen LogP contribution is -2.40. The summed E-state index contributed by atoms with van der Waals surface area (Å²) in [6.45, 7) is 5.01. The molecule has 0 heterocycles. The van der Waals surface area contributed by atoms with Crippen LogP contribution < -0.4 is 5.32 Å². The van der Waals surface area contributed by atoms with Crippen LogP contribution in [0.5, 0.6) is 0 Å². The van der Waals surface area contributed by atoms with Crippen LogP contribution in [0.4, 0.5) is 0 Å². The van der Waals surface area contributed by atoms with Crippen molar-refractivity contribution in [2.45, 2.75) is 32.4 Å². The Morgan fingerprint density at radius 1 is 1.20 bits per heavy atom. The number of nitrogens with one attached hydrogen (secondary N) is 1. The Balaban J connectivity index is 3.81. The van der Waals surface area contributed by atoms with Crippen LogP contribution in [0.2, 0.25) is 0 Å². The Labute approximate surface area is 94.0 Å². The van der Waals surface area contributed by atoms with Gasteiger partial charge in [-0.25, -0.2) is 8.42 Å². The van der Waals surface area contributed by atoms with E-state index in [-0.39, 0.29) is 11.8 Å². The molecule has 0 saturated heterocycles. The summed E-state index contributed by atoms with van der Waals surface area (Å²) in [6.07, 6.45) is 2.30. The number of rotatable bonds is 7. The Kier molecular flexibility index (Phi) is 6.40. The van der Waals surface area contributed by atoms with Gasteiger partial charge >= 0.3 is 0 Å². The van der Waals surface area contributed by atoms with E-state index in [0.29, 0.717) is 6.04 Å². The fourth-order valence-corrected chi connectivity index (χ4v) is 2.53. The second-order valence-electron chi connectivity index (χ2n) is 4.65. The van der Waals surface area contributed by atoms with Crippen LogP contribution in [0.25, 0.3) is 0 Å². The van der Waals surface area contributed by atoms with E-state index in [9.17, 15) is 8.42 Å². The summed E-state index contributed by atoms with van der Waals surface area (Å²) in [6, 6.07) is 0.376. The topological polar surface area (TPSA) is 49.4 Å². The maximum Gasteiger partial charge on any atom is 0.148 e. The van der Waals surface area contributed by atoms with Gasteiger partial charge in [-0.3, -0.25) is 0 Å². The maximum atomic E-state index is 11.0. The number of hydrogen-bond acceptors (Lipinski definition) is 4. The summed E-state index contributed by atoms with van der Waals surface area (Å²) in [5.41, 5.74) is 0. The standard InChI is InChI=1S/C10H24N2O2S/c1-9(6-7-12(3)4)11-10(2)8-15(5,13)14/h9-11H,6-8H2,1-5H3. The van der Waals surface area contributed by atoms with Gasteiger partial charge in [-0.2, -0.15) is 0 Å². The van der Waals surface area contributed by atoms with E-state index >= 15 is 0 Å². The van der Waals surface area contributed by atoms with E-state index in [0.717, 1.165) is 13.0 Å². The molecule has 0 saturated carbocycles. The SMILES string of the molecule is CC(CCN(C)C)NC(C)CS(C)(=O)=O.